The predicted octanol–water partition coefficient (Wildman–Crippen LogP) is 3.19. The third-order valence-corrected chi connectivity index (χ3v) is 3.10. The summed E-state index contributed by atoms with van der Waals surface area (Å²) in [6.45, 7) is 4.99. The number of benzene rings is 1. The summed E-state index contributed by atoms with van der Waals surface area (Å²) in [6.07, 6.45) is 4.97. The van der Waals surface area contributed by atoms with Crippen LogP contribution in [0.1, 0.15) is 24.5 Å². The number of hydrogen-bond acceptors (Lipinski definition) is 2. The number of hydrogen-bond donors (Lipinski definition) is 1. The highest BCUT2D eigenvalue weighted by Gasteiger charge is 1.99. The molecule has 1 heterocycles. The predicted molar refractivity (Wildman–Crippen MR) is 77.5 cm³/mol. The van der Waals surface area contributed by atoms with Crippen LogP contribution in [0.5, 0.6) is 0 Å². The molecule has 0 bridgehead atoms. The topological polar surface area (TPSA) is 29.9 Å². The molecule has 0 unspecified atom stereocenters. The van der Waals surface area contributed by atoms with E-state index in [2.05, 4.69) is 57.5 Å². The van der Waals surface area contributed by atoms with Crippen LogP contribution >= 0.6 is 15.9 Å². The molecular weight excluding hydrogens is 290 g/mol. The summed E-state index contributed by atoms with van der Waals surface area (Å²) >= 11 is 3.41. The number of halogens is 1. The van der Waals surface area contributed by atoms with Gasteiger partial charge in [0.1, 0.15) is 0 Å². The molecule has 0 aliphatic heterocycles. The second-order valence-electron chi connectivity index (χ2n) is 4.35. The van der Waals surface area contributed by atoms with Gasteiger partial charge in [0.05, 0.1) is 17.2 Å². The minimum absolute atomic E-state index is 0.813. The Morgan fingerprint density at radius 3 is 2.89 bits per heavy atom. The Bertz CT molecular complexity index is 493. The Morgan fingerprint density at radius 2 is 2.17 bits per heavy atom. The molecule has 0 saturated carbocycles. The van der Waals surface area contributed by atoms with Crippen LogP contribution in [0.15, 0.2) is 41.1 Å². The van der Waals surface area contributed by atoms with Crippen molar-refractivity contribution in [3.8, 4) is 0 Å². The van der Waals surface area contributed by atoms with Gasteiger partial charge in [-0.3, -0.25) is 4.68 Å². The quantitative estimate of drug-likeness (QED) is 0.831. The van der Waals surface area contributed by atoms with Crippen molar-refractivity contribution < 1.29 is 0 Å². The van der Waals surface area contributed by atoms with Crippen molar-refractivity contribution in [2.45, 2.75) is 26.4 Å². The van der Waals surface area contributed by atoms with E-state index >= 15 is 0 Å². The van der Waals surface area contributed by atoms with Crippen molar-refractivity contribution in [2.75, 3.05) is 6.54 Å². The van der Waals surface area contributed by atoms with Crippen LogP contribution in [0.3, 0.4) is 0 Å². The number of nitrogens with zero attached hydrogens (tertiary/aromatic N) is 2. The van der Waals surface area contributed by atoms with E-state index in [9.17, 15) is 0 Å². The maximum Gasteiger partial charge on any atom is 0.0659 e. The highest BCUT2D eigenvalue weighted by Crippen LogP contribution is 2.10. The van der Waals surface area contributed by atoms with Crippen LogP contribution in [-0.4, -0.2) is 16.3 Å². The van der Waals surface area contributed by atoms with Gasteiger partial charge in [-0.1, -0.05) is 31.2 Å². The Morgan fingerprint density at radius 1 is 1.33 bits per heavy atom. The molecule has 96 valence electrons. The van der Waals surface area contributed by atoms with Gasteiger partial charge >= 0.3 is 0 Å². The Kier molecular flexibility index (Phi) is 4.96. The van der Waals surface area contributed by atoms with Gasteiger partial charge in [0, 0.05) is 12.7 Å². The van der Waals surface area contributed by atoms with Crippen molar-refractivity contribution in [1.29, 1.82) is 0 Å². The van der Waals surface area contributed by atoms with Crippen LogP contribution in [0.4, 0.5) is 0 Å². The molecule has 0 aliphatic rings. The molecule has 18 heavy (non-hydrogen) atoms. The summed E-state index contributed by atoms with van der Waals surface area (Å²) in [5.41, 5.74) is 2.61. The molecule has 1 N–H and O–H groups in total. The number of nitrogens with one attached hydrogen (secondary N) is 1. The minimum Gasteiger partial charge on any atom is -0.313 e. The zero-order valence-corrected chi connectivity index (χ0v) is 12.2. The normalized spacial score (nSPS) is 10.8. The van der Waals surface area contributed by atoms with Gasteiger partial charge in [-0.05, 0) is 40.0 Å². The van der Waals surface area contributed by atoms with Crippen molar-refractivity contribution in [3.05, 3.63) is 52.3 Å². The molecule has 2 rings (SSSR count). The second-order valence-corrected chi connectivity index (χ2v) is 5.27. The maximum absolute atomic E-state index is 4.27. The first kappa shape index (κ1) is 13.3. The Labute approximate surface area is 116 Å². The zero-order chi connectivity index (χ0) is 12.8. The lowest BCUT2D eigenvalue weighted by Crippen LogP contribution is -2.14. The molecule has 2 aromatic rings. The van der Waals surface area contributed by atoms with Crippen LogP contribution in [-0.2, 0) is 13.1 Å². The molecule has 0 saturated heterocycles. The van der Waals surface area contributed by atoms with E-state index in [1.165, 1.54) is 17.5 Å². The average molecular weight is 308 g/mol. The van der Waals surface area contributed by atoms with Crippen LogP contribution in [0, 0.1) is 0 Å². The Hall–Kier alpha value is -1.13. The Balaban J connectivity index is 1.98. The summed E-state index contributed by atoms with van der Waals surface area (Å²) in [5.74, 6) is 0. The molecular formula is C14H18BrN3. The standard InChI is InChI=1S/C14H18BrN3/c1-2-6-16-8-12-4-3-5-13(7-12)10-18-11-14(15)9-17-18/h3-5,7,9,11,16H,2,6,8,10H2,1H3. The van der Waals surface area contributed by atoms with Crippen molar-refractivity contribution >= 4 is 15.9 Å². The van der Waals surface area contributed by atoms with Gasteiger partial charge in [0.2, 0.25) is 0 Å². The summed E-state index contributed by atoms with van der Waals surface area (Å²) < 4.78 is 2.95. The molecule has 3 nitrogen and oxygen atoms in total. The third-order valence-electron chi connectivity index (χ3n) is 2.69. The first-order valence-corrected chi connectivity index (χ1v) is 7.03. The van der Waals surface area contributed by atoms with Gasteiger partial charge in [0.25, 0.3) is 0 Å². The van der Waals surface area contributed by atoms with Gasteiger partial charge in [-0.25, -0.2) is 0 Å². The zero-order valence-electron chi connectivity index (χ0n) is 10.6. The molecule has 0 aliphatic carbocycles. The maximum atomic E-state index is 4.27. The van der Waals surface area contributed by atoms with Gasteiger partial charge < -0.3 is 5.32 Å². The van der Waals surface area contributed by atoms with E-state index in [1.54, 1.807) is 0 Å². The molecule has 0 spiro atoms. The second kappa shape index (κ2) is 6.71. The highest BCUT2D eigenvalue weighted by atomic mass is 79.9. The van der Waals surface area contributed by atoms with E-state index < -0.39 is 0 Å². The molecule has 4 heteroatoms. The SMILES string of the molecule is CCCNCc1cccc(Cn2cc(Br)cn2)c1. The van der Waals surface area contributed by atoms with Gasteiger partial charge in [0.15, 0.2) is 0 Å². The molecule has 1 aromatic heterocycles. The largest absolute Gasteiger partial charge is 0.313 e. The fraction of sp³-hybridized carbons (Fsp3) is 0.357. The summed E-state index contributed by atoms with van der Waals surface area (Å²) in [7, 11) is 0. The summed E-state index contributed by atoms with van der Waals surface area (Å²) in [6, 6.07) is 8.64. The lowest BCUT2D eigenvalue weighted by molar-refractivity contribution is 0.668. The minimum atomic E-state index is 0.813. The van der Waals surface area contributed by atoms with Crippen molar-refractivity contribution in [2.24, 2.45) is 0 Å². The lowest BCUT2D eigenvalue weighted by atomic mass is 10.1. The summed E-state index contributed by atoms with van der Waals surface area (Å²) in [4.78, 5) is 0. The van der Waals surface area contributed by atoms with E-state index in [-0.39, 0.29) is 0 Å². The smallest absolute Gasteiger partial charge is 0.0659 e. The van der Waals surface area contributed by atoms with E-state index in [1.807, 2.05) is 17.1 Å². The fourth-order valence-electron chi connectivity index (χ4n) is 1.86. The highest BCUT2D eigenvalue weighted by molar-refractivity contribution is 9.10. The van der Waals surface area contributed by atoms with Crippen molar-refractivity contribution in [3.63, 3.8) is 0 Å². The van der Waals surface area contributed by atoms with E-state index in [4.69, 9.17) is 0 Å². The molecule has 0 radical (unpaired) electrons. The molecule has 1 aromatic carbocycles. The fourth-order valence-corrected chi connectivity index (χ4v) is 2.19. The monoisotopic (exact) mass is 307 g/mol. The van der Waals surface area contributed by atoms with Crippen molar-refractivity contribution in [1.82, 2.24) is 15.1 Å². The van der Waals surface area contributed by atoms with Crippen LogP contribution in [0.2, 0.25) is 0 Å². The van der Waals surface area contributed by atoms with E-state index in [0.717, 1.165) is 24.1 Å². The van der Waals surface area contributed by atoms with Crippen LogP contribution < -0.4 is 5.32 Å². The van der Waals surface area contributed by atoms with Gasteiger partial charge in [-0.2, -0.15) is 5.10 Å². The number of rotatable bonds is 6. The van der Waals surface area contributed by atoms with E-state index in [0.29, 0.717) is 0 Å². The molecule has 0 fully saturated rings. The summed E-state index contributed by atoms with van der Waals surface area (Å²) in [5, 5.41) is 7.69. The average Bonchev–Trinajstić information content (AvgIpc) is 2.76. The lowest BCUT2D eigenvalue weighted by Gasteiger charge is -2.06. The molecule has 0 amide bonds. The third kappa shape index (κ3) is 3.96. The van der Waals surface area contributed by atoms with Gasteiger partial charge in [-0.15, -0.1) is 0 Å². The first-order chi connectivity index (χ1) is 8.78. The molecule has 0 atom stereocenters. The first-order valence-electron chi connectivity index (χ1n) is 6.24. The number of aromatic nitrogens is 2. The van der Waals surface area contributed by atoms with Crippen LogP contribution in [0.25, 0.3) is 0 Å².